The molecule has 0 fully saturated rings. The largest absolute Gasteiger partial charge is 0.333 e. The van der Waals surface area contributed by atoms with Crippen LogP contribution in [-0.4, -0.2) is 17.0 Å². The van der Waals surface area contributed by atoms with Crippen LogP contribution in [0.15, 0.2) is 23.2 Å². The number of para-hydroxylation sites is 1. The van der Waals surface area contributed by atoms with E-state index in [-0.39, 0.29) is 0 Å². The van der Waals surface area contributed by atoms with E-state index in [1.165, 1.54) is 0 Å². The number of nitrogens with one attached hydrogen (secondary N) is 1. The number of hydrogen-bond acceptors (Lipinski definition) is 3. The lowest BCUT2D eigenvalue weighted by Crippen LogP contribution is -2.12. The first-order valence-corrected chi connectivity index (χ1v) is 7.23. The Bertz CT molecular complexity index is 426. The van der Waals surface area contributed by atoms with E-state index in [9.17, 15) is 0 Å². The highest BCUT2D eigenvalue weighted by Gasteiger charge is 2.21. The second-order valence-corrected chi connectivity index (χ2v) is 6.10. The van der Waals surface area contributed by atoms with Crippen molar-refractivity contribution < 1.29 is 0 Å². The summed E-state index contributed by atoms with van der Waals surface area (Å²) >= 11 is 13.9. The van der Waals surface area contributed by atoms with Crippen molar-refractivity contribution in [1.29, 1.82) is 0 Å². The summed E-state index contributed by atoms with van der Waals surface area (Å²) in [5.74, 6) is 1.57. The van der Waals surface area contributed by atoms with Gasteiger partial charge in [0.05, 0.1) is 21.8 Å². The van der Waals surface area contributed by atoms with Gasteiger partial charge in [-0.3, -0.25) is 4.99 Å². The van der Waals surface area contributed by atoms with Gasteiger partial charge in [0.1, 0.15) is 0 Å². The molecule has 0 unspecified atom stereocenters. The molecule has 0 aromatic heterocycles. The van der Waals surface area contributed by atoms with E-state index >= 15 is 0 Å². The first-order valence-electron chi connectivity index (χ1n) is 5.49. The van der Waals surface area contributed by atoms with Gasteiger partial charge in [0.2, 0.25) is 0 Å². The minimum atomic E-state index is 0.378. The van der Waals surface area contributed by atoms with Crippen LogP contribution < -0.4 is 5.32 Å². The van der Waals surface area contributed by atoms with Crippen LogP contribution in [0.1, 0.15) is 13.8 Å². The van der Waals surface area contributed by atoms with E-state index in [2.05, 4.69) is 24.2 Å². The Hall–Kier alpha value is -0.380. The fourth-order valence-corrected chi connectivity index (χ4v) is 3.19. The molecule has 2 rings (SSSR count). The topological polar surface area (TPSA) is 24.4 Å². The van der Waals surface area contributed by atoms with Crippen molar-refractivity contribution in [2.75, 3.05) is 11.1 Å². The third-order valence-corrected chi connectivity index (χ3v) is 4.26. The number of amidine groups is 1. The van der Waals surface area contributed by atoms with E-state index in [1.807, 2.05) is 18.2 Å². The molecule has 2 nitrogen and oxygen atoms in total. The molecular formula is C12H14Cl2N2S. The number of nitrogens with zero attached hydrogens (tertiary/aromatic N) is 1. The number of rotatable bonds is 2. The van der Waals surface area contributed by atoms with Crippen LogP contribution in [0.25, 0.3) is 0 Å². The molecule has 0 aliphatic carbocycles. The Balaban J connectivity index is 2.15. The minimum Gasteiger partial charge on any atom is -0.333 e. The summed E-state index contributed by atoms with van der Waals surface area (Å²) in [5, 5.41) is 5.35. The van der Waals surface area contributed by atoms with Gasteiger partial charge in [-0.2, -0.15) is 0 Å². The quantitative estimate of drug-likeness (QED) is 0.864. The van der Waals surface area contributed by atoms with E-state index in [0.717, 1.165) is 16.6 Å². The first-order chi connectivity index (χ1) is 8.08. The molecule has 1 atom stereocenters. The first kappa shape index (κ1) is 13.1. The van der Waals surface area contributed by atoms with E-state index in [0.29, 0.717) is 22.0 Å². The van der Waals surface area contributed by atoms with E-state index in [4.69, 9.17) is 23.2 Å². The summed E-state index contributed by atoms with van der Waals surface area (Å²) < 4.78 is 0. The molecule has 1 heterocycles. The third-order valence-electron chi connectivity index (χ3n) is 2.64. The van der Waals surface area contributed by atoms with Crippen molar-refractivity contribution in [1.82, 2.24) is 0 Å². The molecule has 1 aromatic carbocycles. The van der Waals surface area contributed by atoms with Crippen molar-refractivity contribution in [3.63, 3.8) is 0 Å². The molecule has 1 aromatic rings. The number of halogens is 2. The molecule has 1 aliphatic rings. The van der Waals surface area contributed by atoms with Gasteiger partial charge in [0.15, 0.2) is 5.17 Å². The summed E-state index contributed by atoms with van der Waals surface area (Å²) in [5.41, 5.74) is 0.742. The Kier molecular flexibility index (Phi) is 4.23. The number of benzene rings is 1. The minimum absolute atomic E-state index is 0.378. The van der Waals surface area contributed by atoms with Crippen LogP contribution in [0.4, 0.5) is 5.69 Å². The molecule has 0 bridgehead atoms. The fourth-order valence-electron chi connectivity index (χ4n) is 1.52. The molecule has 0 amide bonds. The standard InChI is InChI=1S/C12H14Cl2N2S/c1-7(2)10-6-17-12(15-10)16-11-8(13)4-3-5-9(11)14/h3-5,7,10H,6H2,1-2H3,(H,15,16)/t10-/m1/s1. The van der Waals surface area contributed by atoms with Gasteiger partial charge in [-0.25, -0.2) is 0 Å². The highest BCUT2D eigenvalue weighted by molar-refractivity contribution is 8.14. The van der Waals surface area contributed by atoms with Gasteiger partial charge in [-0.1, -0.05) is 54.9 Å². The Morgan fingerprint density at radius 3 is 2.53 bits per heavy atom. The average Bonchev–Trinajstić information content (AvgIpc) is 2.72. The van der Waals surface area contributed by atoms with Gasteiger partial charge in [0.25, 0.3) is 0 Å². The molecule has 5 heteroatoms. The molecule has 17 heavy (non-hydrogen) atoms. The molecule has 0 saturated carbocycles. The molecule has 0 spiro atoms. The number of hydrogen-bond donors (Lipinski definition) is 1. The Morgan fingerprint density at radius 1 is 1.35 bits per heavy atom. The molecule has 1 aliphatic heterocycles. The van der Waals surface area contributed by atoms with Crippen molar-refractivity contribution in [2.24, 2.45) is 10.9 Å². The molecule has 1 N–H and O–H groups in total. The van der Waals surface area contributed by atoms with Crippen molar-refractivity contribution >= 4 is 45.8 Å². The molecule has 0 saturated heterocycles. The van der Waals surface area contributed by atoms with Crippen LogP contribution in [0, 0.1) is 5.92 Å². The number of thioether (sulfide) groups is 1. The predicted octanol–water partition coefficient (Wildman–Crippen LogP) is 4.53. The van der Waals surface area contributed by atoms with Crippen LogP contribution in [0.2, 0.25) is 10.0 Å². The summed E-state index contributed by atoms with van der Waals surface area (Å²) in [6, 6.07) is 5.84. The smallest absolute Gasteiger partial charge is 0.161 e. The second-order valence-electron chi connectivity index (χ2n) is 4.28. The third kappa shape index (κ3) is 3.09. The second kappa shape index (κ2) is 5.51. The van der Waals surface area contributed by atoms with Crippen LogP contribution in [-0.2, 0) is 0 Å². The lowest BCUT2D eigenvalue weighted by atomic mass is 10.1. The van der Waals surface area contributed by atoms with Crippen molar-refractivity contribution in [2.45, 2.75) is 19.9 Å². The fraction of sp³-hybridized carbons (Fsp3) is 0.417. The van der Waals surface area contributed by atoms with Crippen molar-refractivity contribution in [3.8, 4) is 0 Å². The summed E-state index contributed by atoms with van der Waals surface area (Å²) in [4.78, 5) is 4.62. The van der Waals surface area contributed by atoms with Crippen LogP contribution in [0.3, 0.4) is 0 Å². The summed E-state index contributed by atoms with van der Waals surface area (Å²) in [6.45, 7) is 4.36. The monoisotopic (exact) mass is 288 g/mol. The Morgan fingerprint density at radius 2 is 2.00 bits per heavy atom. The SMILES string of the molecule is CC(C)[C@H]1CSC(Nc2c(Cl)cccc2Cl)=N1. The van der Waals surface area contributed by atoms with Gasteiger partial charge >= 0.3 is 0 Å². The number of anilines is 1. The summed E-state index contributed by atoms with van der Waals surface area (Å²) in [6.07, 6.45) is 0. The van der Waals surface area contributed by atoms with Gasteiger partial charge in [-0.05, 0) is 18.1 Å². The van der Waals surface area contributed by atoms with E-state index in [1.54, 1.807) is 11.8 Å². The average molecular weight is 289 g/mol. The zero-order chi connectivity index (χ0) is 12.4. The maximum Gasteiger partial charge on any atom is 0.161 e. The molecule has 0 radical (unpaired) electrons. The van der Waals surface area contributed by atoms with Crippen molar-refractivity contribution in [3.05, 3.63) is 28.2 Å². The molecule has 92 valence electrons. The normalized spacial score (nSPS) is 19.6. The van der Waals surface area contributed by atoms with Gasteiger partial charge in [-0.15, -0.1) is 0 Å². The maximum absolute atomic E-state index is 6.10. The van der Waals surface area contributed by atoms with Gasteiger partial charge < -0.3 is 5.32 Å². The number of aliphatic imine (C=N–C) groups is 1. The summed E-state index contributed by atoms with van der Waals surface area (Å²) in [7, 11) is 0. The van der Waals surface area contributed by atoms with E-state index < -0.39 is 0 Å². The Labute approximate surface area is 116 Å². The van der Waals surface area contributed by atoms with Gasteiger partial charge in [0, 0.05) is 5.75 Å². The predicted molar refractivity (Wildman–Crippen MR) is 78.6 cm³/mol. The maximum atomic E-state index is 6.10. The zero-order valence-electron chi connectivity index (χ0n) is 9.71. The highest BCUT2D eigenvalue weighted by atomic mass is 35.5. The lowest BCUT2D eigenvalue weighted by Gasteiger charge is -2.09. The van der Waals surface area contributed by atoms with Crippen LogP contribution >= 0.6 is 35.0 Å². The molecular weight excluding hydrogens is 275 g/mol. The zero-order valence-corrected chi connectivity index (χ0v) is 12.0. The highest BCUT2D eigenvalue weighted by Crippen LogP contribution is 2.32. The van der Waals surface area contributed by atoms with Crippen LogP contribution in [0.5, 0.6) is 0 Å². The lowest BCUT2D eigenvalue weighted by molar-refractivity contribution is 0.543.